The molecule has 2 atom stereocenters. The van der Waals surface area contributed by atoms with E-state index in [-0.39, 0.29) is 5.56 Å². The lowest BCUT2D eigenvalue weighted by molar-refractivity contribution is -0.0112. The summed E-state index contributed by atoms with van der Waals surface area (Å²) in [5.74, 6) is 1.37. The molecule has 6 rings (SSSR count). The zero-order valence-corrected chi connectivity index (χ0v) is 24.7. The molecular formula is C32H33ClN4O6. The fourth-order valence-corrected chi connectivity index (χ4v) is 6.32. The van der Waals surface area contributed by atoms with Crippen LogP contribution in [0.25, 0.3) is 10.9 Å². The van der Waals surface area contributed by atoms with Crippen molar-refractivity contribution in [1.82, 2.24) is 15.3 Å². The number of hydrogen-bond donors (Lipinski definition) is 3. The first-order valence-corrected chi connectivity index (χ1v) is 14.6. The number of benzene rings is 3. The number of ether oxygens (including phenoxy) is 3. The Labute approximate surface area is 253 Å². The molecular weight excluding hydrogens is 572 g/mol. The molecule has 2 aliphatic rings. The molecule has 0 bridgehead atoms. The van der Waals surface area contributed by atoms with Gasteiger partial charge in [0.2, 0.25) is 5.95 Å². The molecule has 4 aromatic rings. The highest BCUT2D eigenvalue weighted by Crippen LogP contribution is 2.36. The van der Waals surface area contributed by atoms with Gasteiger partial charge >= 0.3 is 6.09 Å². The number of carbonyl (C=O) groups is 1. The number of hydrogen-bond acceptors (Lipinski definition) is 8. The lowest BCUT2D eigenvalue weighted by Crippen LogP contribution is -2.51. The zero-order valence-electron chi connectivity index (χ0n) is 23.9. The molecule has 10 nitrogen and oxygen atoms in total. The average Bonchev–Trinajstić information content (AvgIpc) is 3.30. The normalized spacial score (nSPS) is 19.1. The fourth-order valence-electron chi connectivity index (χ4n) is 6.12. The Balaban J connectivity index is 1.20. The highest BCUT2D eigenvalue weighted by Gasteiger charge is 2.41. The zero-order chi connectivity index (χ0) is 30.1. The predicted molar refractivity (Wildman–Crippen MR) is 163 cm³/mol. The number of fused-ring (bicyclic) bond motifs is 2. The lowest BCUT2D eigenvalue weighted by Gasteiger charge is -2.41. The second kappa shape index (κ2) is 11.8. The van der Waals surface area contributed by atoms with E-state index in [1.807, 2.05) is 41.3 Å². The number of methoxy groups -OCH3 is 2. The van der Waals surface area contributed by atoms with Gasteiger partial charge in [-0.15, -0.1) is 0 Å². The first kappa shape index (κ1) is 28.8. The summed E-state index contributed by atoms with van der Waals surface area (Å²) in [5, 5.41) is 14.7. The van der Waals surface area contributed by atoms with Crippen LogP contribution in [-0.2, 0) is 17.6 Å². The Kier molecular flexibility index (Phi) is 7.89. The van der Waals surface area contributed by atoms with E-state index in [1.54, 1.807) is 24.3 Å². The van der Waals surface area contributed by atoms with Gasteiger partial charge in [-0.3, -0.25) is 9.78 Å². The van der Waals surface area contributed by atoms with E-state index in [0.29, 0.717) is 72.1 Å². The molecule has 1 aliphatic carbocycles. The number of amides is 1. The Morgan fingerprint density at radius 1 is 1.09 bits per heavy atom. The standard InChI is InChI=1S/C32H33ClN4O6/c1-41-26-16-23-24(17-27(26)42-2)34-30(36-29(23)39)37-12-10-32(11-13-37,18-19-6-4-3-5-7-19)43-31(40)35-25-15-20-14-21(33)8-9-22(20)28(25)38/h3-9,14,16-17,25,28,38H,10-13,15,18H2,1-2H3,(H,35,40)(H,34,36,39). The maximum Gasteiger partial charge on any atom is 0.408 e. The summed E-state index contributed by atoms with van der Waals surface area (Å²) >= 11 is 6.14. The number of aliphatic hydroxyl groups excluding tert-OH is 1. The van der Waals surface area contributed by atoms with Gasteiger partial charge in [0.25, 0.3) is 5.56 Å². The molecule has 0 radical (unpaired) electrons. The molecule has 0 spiro atoms. The molecule has 2 unspecified atom stereocenters. The molecule has 1 aromatic heterocycles. The van der Waals surface area contributed by atoms with Crippen LogP contribution < -0.4 is 25.2 Å². The van der Waals surface area contributed by atoms with Gasteiger partial charge in [-0.05, 0) is 41.3 Å². The number of aromatic nitrogens is 2. The Bertz CT molecular complexity index is 1700. The molecule has 3 N–H and O–H groups in total. The van der Waals surface area contributed by atoms with Gasteiger partial charge < -0.3 is 29.5 Å². The molecule has 3 aromatic carbocycles. The lowest BCUT2D eigenvalue weighted by atomic mass is 9.85. The number of aromatic amines is 1. The van der Waals surface area contributed by atoms with Crippen LogP contribution in [0.3, 0.4) is 0 Å². The van der Waals surface area contributed by atoms with Crippen LogP contribution >= 0.6 is 11.6 Å². The molecule has 1 saturated heterocycles. The molecule has 0 saturated carbocycles. The summed E-state index contributed by atoms with van der Waals surface area (Å²) in [6.07, 6.45) is 0.574. The number of piperidine rings is 1. The van der Waals surface area contributed by atoms with Crippen molar-refractivity contribution in [3.8, 4) is 11.5 Å². The third-order valence-electron chi connectivity index (χ3n) is 8.40. The third kappa shape index (κ3) is 5.85. The van der Waals surface area contributed by atoms with Gasteiger partial charge in [0, 0.05) is 43.4 Å². The van der Waals surface area contributed by atoms with Gasteiger partial charge in [-0.2, -0.15) is 0 Å². The molecule has 1 aliphatic heterocycles. The van der Waals surface area contributed by atoms with Gasteiger partial charge in [-0.25, -0.2) is 9.78 Å². The summed E-state index contributed by atoms with van der Waals surface area (Å²) in [7, 11) is 3.05. The van der Waals surface area contributed by atoms with Crippen molar-refractivity contribution in [1.29, 1.82) is 0 Å². The number of carbonyl (C=O) groups excluding carboxylic acids is 1. The molecule has 1 fully saturated rings. The minimum absolute atomic E-state index is 0.282. The van der Waals surface area contributed by atoms with Gasteiger partial charge in [-0.1, -0.05) is 48.0 Å². The van der Waals surface area contributed by atoms with E-state index < -0.39 is 23.8 Å². The van der Waals surface area contributed by atoms with Gasteiger partial charge in [0.05, 0.1) is 37.3 Å². The van der Waals surface area contributed by atoms with Crippen LogP contribution in [0, 0.1) is 0 Å². The van der Waals surface area contributed by atoms with E-state index in [9.17, 15) is 14.7 Å². The highest BCUT2D eigenvalue weighted by molar-refractivity contribution is 6.30. The summed E-state index contributed by atoms with van der Waals surface area (Å²) in [6, 6.07) is 18.0. The van der Waals surface area contributed by atoms with Crippen molar-refractivity contribution in [2.45, 2.75) is 43.4 Å². The maximum atomic E-state index is 13.3. The van der Waals surface area contributed by atoms with Crippen LogP contribution in [-0.4, -0.2) is 60.1 Å². The van der Waals surface area contributed by atoms with Crippen molar-refractivity contribution in [3.63, 3.8) is 0 Å². The number of alkyl carbamates (subject to hydrolysis) is 1. The number of halogens is 1. The molecule has 1 amide bonds. The SMILES string of the molecule is COc1cc2nc(N3CCC(Cc4ccccc4)(OC(=O)NC4Cc5cc(Cl)ccc5C4O)CC3)[nH]c(=O)c2cc1OC. The average molecular weight is 605 g/mol. The summed E-state index contributed by atoms with van der Waals surface area (Å²) < 4.78 is 17.0. The summed E-state index contributed by atoms with van der Waals surface area (Å²) in [5.41, 5.74) is 2.13. The largest absolute Gasteiger partial charge is 0.493 e. The topological polar surface area (TPSA) is 126 Å². The number of H-pyrrole nitrogens is 1. The van der Waals surface area contributed by atoms with Gasteiger partial charge in [0.15, 0.2) is 11.5 Å². The van der Waals surface area contributed by atoms with Crippen LogP contribution in [0.5, 0.6) is 11.5 Å². The number of rotatable bonds is 7. The van der Waals surface area contributed by atoms with E-state index >= 15 is 0 Å². The smallest absolute Gasteiger partial charge is 0.408 e. The predicted octanol–water partition coefficient (Wildman–Crippen LogP) is 4.56. The summed E-state index contributed by atoms with van der Waals surface area (Å²) in [6.45, 7) is 0.996. The first-order valence-electron chi connectivity index (χ1n) is 14.2. The van der Waals surface area contributed by atoms with Crippen LogP contribution in [0.4, 0.5) is 10.7 Å². The van der Waals surface area contributed by atoms with Crippen molar-refractivity contribution >= 4 is 34.5 Å². The minimum atomic E-state index is -0.846. The number of nitrogens with one attached hydrogen (secondary N) is 2. The van der Waals surface area contributed by atoms with Crippen LogP contribution in [0.2, 0.25) is 5.02 Å². The molecule has 11 heteroatoms. The Morgan fingerprint density at radius 3 is 2.53 bits per heavy atom. The second-order valence-corrected chi connectivity index (χ2v) is 11.5. The number of nitrogens with zero attached hydrogens (tertiary/aromatic N) is 2. The molecule has 224 valence electrons. The molecule has 43 heavy (non-hydrogen) atoms. The maximum absolute atomic E-state index is 13.3. The highest BCUT2D eigenvalue weighted by atomic mass is 35.5. The van der Waals surface area contributed by atoms with Crippen molar-refractivity contribution in [2.75, 3.05) is 32.2 Å². The van der Waals surface area contributed by atoms with E-state index in [2.05, 4.69) is 10.3 Å². The molecule has 2 heterocycles. The number of aliphatic hydroxyl groups is 1. The third-order valence-corrected chi connectivity index (χ3v) is 8.63. The van der Waals surface area contributed by atoms with E-state index in [4.69, 9.17) is 30.8 Å². The van der Waals surface area contributed by atoms with Crippen molar-refractivity contribution in [2.24, 2.45) is 0 Å². The van der Waals surface area contributed by atoms with Gasteiger partial charge in [0.1, 0.15) is 5.60 Å². The van der Waals surface area contributed by atoms with Crippen LogP contribution in [0.15, 0.2) is 65.5 Å². The second-order valence-electron chi connectivity index (χ2n) is 11.1. The van der Waals surface area contributed by atoms with Crippen molar-refractivity contribution < 1.29 is 24.1 Å². The fraction of sp³-hybridized carbons (Fsp3) is 0.344. The Morgan fingerprint density at radius 2 is 1.81 bits per heavy atom. The van der Waals surface area contributed by atoms with E-state index in [1.165, 1.54) is 14.2 Å². The number of anilines is 1. The monoisotopic (exact) mass is 604 g/mol. The van der Waals surface area contributed by atoms with Crippen LogP contribution in [0.1, 0.15) is 35.6 Å². The quantitative estimate of drug-likeness (QED) is 0.280. The minimum Gasteiger partial charge on any atom is -0.493 e. The van der Waals surface area contributed by atoms with E-state index in [0.717, 1.165) is 16.7 Å². The van der Waals surface area contributed by atoms with Crippen molar-refractivity contribution in [3.05, 3.63) is 92.7 Å². The Hall–Kier alpha value is -4.28. The first-order chi connectivity index (χ1) is 20.8. The summed E-state index contributed by atoms with van der Waals surface area (Å²) in [4.78, 5) is 35.9.